The Kier molecular flexibility index (Phi) is 8.08. The molecule has 0 amide bonds. The van der Waals surface area contributed by atoms with Crippen LogP contribution in [0.4, 0.5) is 0 Å². The predicted molar refractivity (Wildman–Crippen MR) is 119 cm³/mol. The van der Waals surface area contributed by atoms with E-state index in [0.717, 1.165) is 12.0 Å². The number of benzene rings is 1. The lowest BCUT2D eigenvalue weighted by atomic mass is 9.86. The second-order valence-electron chi connectivity index (χ2n) is 8.76. The zero-order chi connectivity index (χ0) is 21.7. The molecule has 1 aromatic rings. The van der Waals surface area contributed by atoms with E-state index in [2.05, 4.69) is 48.5 Å². The van der Waals surface area contributed by atoms with Gasteiger partial charge in [0.05, 0.1) is 18.9 Å². The highest BCUT2D eigenvalue weighted by Crippen LogP contribution is 2.24. The zero-order valence-electron chi connectivity index (χ0n) is 18.3. The molecule has 0 saturated carbocycles. The Morgan fingerprint density at radius 3 is 2.45 bits per heavy atom. The number of guanidine groups is 1. The van der Waals surface area contributed by atoms with Crippen LogP contribution in [0.5, 0.6) is 0 Å². The summed E-state index contributed by atoms with van der Waals surface area (Å²) in [5.74, 6) is 0.888. The van der Waals surface area contributed by atoms with Crippen LogP contribution in [0.2, 0.25) is 0 Å². The van der Waals surface area contributed by atoms with Crippen LogP contribution in [-0.4, -0.2) is 62.8 Å². The fourth-order valence-electron chi connectivity index (χ4n) is 3.34. The van der Waals surface area contributed by atoms with Crippen LogP contribution in [0.15, 0.2) is 29.3 Å². The number of hydrogen-bond donors (Lipinski definition) is 3. The minimum Gasteiger partial charge on any atom is -0.386 e. The first-order valence-corrected chi connectivity index (χ1v) is 12.1. The fourth-order valence-corrected chi connectivity index (χ4v) is 4.25. The molecule has 1 heterocycles. The summed E-state index contributed by atoms with van der Waals surface area (Å²) in [6, 6.07) is 8.03. The minimum atomic E-state index is -3.12. The van der Waals surface area contributed by atoms with E-state index < -0.39 is 16.1 Å². The van der Waals surface area contributed by atoms with E-state index in [-0.39, 0.29) is 17.9 Å². The summed E-state index contributed by atoms with van der Waals surface area (Å²) in [7, 11) is -3.12. The molecule has 2 rings (SSSR count). The van der Waals surface area contributed by atoms with Gasteiger partial charge in [-0.25, -0.2) is 12.7 Å². The summed E-state index contributed by atoms with van der Waals surface area (Å²) < 4.78 is 24.8. The Morgan fingerprint density at radius 2 is 1.93 bits per heavy atom. The summed E-state index contributed by atoms with van der Waals surface area (Å²) >= 11 is 0. The Labute approximate surface area is 175 Å². The first kappa shape index (κ1) is 23.6. The van der Waals surface area contributed by atoms with Crippen molar-refractivity contribution >= 4 is 16.0 Å². The molecule has 2 unspecified atom stereocenters. The van der Waals surface area contributed by atoms with Gasteiger partial charge in [-0.15, -0.1) is 0 Å². The number of aliphatic hydroxyl groups is 1. The van der Waals surface area contributed by atoms with Crippen molar-refractivity contribution < 1.29 is 13.5 Å². The topological polar surface area (TPSA) is 94.0 Å². The van der Waals surface area contributed by atoms with Gasteiger partial charge in [-0.2, -0.15) is 0 Å². The van der Waals surface area contributed by atoms with Crippen LogP contribution >= 0.6 is 0 Å². The molecule has 3 N–H and O–H groups in total. The van der Waals surface area contributed by atoms with Crippen LogP contribution in [0.3, 0.4) is 0 Å². The number of aliphatic hydroxyl groups excluding tert-OH is 1. The number of sulfonamides is 1. The SMILES string of the molecule is CCNC(=NCC(O)c1ccc(C(C)(C)C)cc1)NCC1CCN(S(C)(=O)=O)C1. The van der Waals surface area contributed by atoms with Crippen molar-refractivity contribution in [3.63, 3.8) is 0 Å². The van der Waals surface area contributed by atoms with E-state index in [4.69, 9.17) is 0 Å². The molecule has 7 nitrogen and oxygen atoms in total. The minimum absolute atomic E-state index is 0.0801. The standard InChI is InChI=1S/C21H36N4O3S/c1-6-22-20(23-13-16-11-12-25(15-16)29(5,27)28)24-14-19(26)17-7-9-18(10-8-17)21(2,3)4/h7-10,16,19,26H,6,11-15H2,1-5H3,(H2,22,23,24). The van der Waals surface area contributed by atoms with Gasteiger partial charge in [-0.1, -0.05) is 45.0 Å². The summed E-state index contributed by atoms with van der Waals surface area (Å²) in [6.07, 6.45) is 1.41. The van der Waals surface area contributed by atoms with E-state index in [1.165, 1.54) is 16.1 Å². The summed E-state index contributed by atoms with van der Waals surface area (Å²) in [4.78, 5) is 4.50. The number of nitrogens with zero attached hydrogens (tertiary/aromatic N) is 2. The van der Waals surface area contributed by atoms with Crippen molar-refractivity contribution in [2.24, 2.45) is 10.9 Å². The monoisotopic (exact) mass is 424 g/mol. The maximum atomic E-state index is 11.6. The van der Waals surface area contributed by atoms with Gasteiger partial charge in [0.15, 0.2) is 5.96 Å². The van der Waals surface area contributed by atoms with Gasteiger partial charge in [0, 0.05) is 26.2 Å². The molecule has 8 heteroatoms. The van der Waals surface area contributed by atoms with Gasteiger partial charge >= 0.3 is 0 Å². The molecular weight excluding hydrogens is 388 g/mol. The maximum absolute atomic E-state index is 11.6. The number of aliphatic imine (C=N–C) groups is 1. The van der Waals surface area contributed by atoms with Crippen molar-refractivity contribution in [1.29, 1.82) is 0 Å². The first-order chi connectivity index (χ1) is 13.5. The quantitative estimate of drug-likeness (QED) is 0.459. The predicted octanol–water partition coefficient (Wildman–Crippen LogP) is 1.85. The van der Waals surface area contributed by atoms with Crippen LogP contribution < -0.4 is 10.6 Å². The molecule has 1 aliphatic heterocycles. The molecule has 0 aliphatic carbocycles. The van der Waals surface area contributed by atoms with Gasteiger partial charge in [0.1, 0.15) is 0 Å². The van der Waals surface area contributed by atoms with E-state index in [0.29, 0.717) is 32.1 Å². The highest BCUT2D eigenvalue weighted by Gasteiger charge is 2.28. The molecule has 1 fully saturated rings. The average molecular weight is 425 g/mol. The second-order valence-corrected chi connectivity index (χ2v) is 10.7. The maximum Gasteiger partial charge on any atom is 0.211 e. The fraction of sp³-hybridized carbons (Fsp3) is 0.667. The third kappa shape index (κ3) is 7.28. The summed E-state index contributed by atoms with van der Waals surface area (Å²) in [5.41, 5.74) is 2.15. The molecular formula is C21H36N4O3S. The molecule has 1 aliphatic rings. The Bertz CT molecular complexity index is 785. The molecule has 164 valence electrons. The second kappa shape index (κ2) is 9.91. The third-order valence-electron chi connectivity index (χ3n) is 5.20. The number of hydrogen-bond acceptors (Lipinski definition) is 4. The molecule has 0 spiro atoms. The van der Waals surface area contributed by atoms with Crippen LogP contribution in [0.1, 0.15) is 51.3 Å². The third-order valence-corrected chi connectivity index (χ3v) is 6.47. The van der Waals surface area contributed by atoms with E-state index >= 15 is 0 Å². The van der Waals surface area contributed by atoms with Gasteiger partial charge in [-0.05, 0) is 35.8 Å². The lowest BCUT2D eigenvalue weighted by Gasteiger charge is -2.20. The van der Waals surface area contributed by atoms with Crippen LogP contribution in [0.25, 0.3) is 0 Å². The molecule has 0 bridgehead atoms. The van der Waals surface area contributed by atoms with Crippen molar-refractivity contribution in [1.82, 2.24) is 14.9 Å². The van der Waals surface area contributed by atoms with E-state index in [1.54, 1.807) is 0 Å². The molecule has 0 aromatic heterocycles. The first-order valence-electron chi connectivity index (χ1n) is 10.3. The van der Waals surface area contributed by atoms with E-state index in [1.807, 2.05) is 19.1 Å². The molecule has 29 heavy (non-hydrogen) atoms. The van der Waals surface area contributed by atoms with Crippen molar-refractivity contribution in [2.45, 2.75) is 45.6 Å². The van der Waals surface area contributed by atoms with Crippen LogP contribution in [0, 0.1) is 5.92 Å². The Hall–Kier alpha value is -1.64. The van der Waals surface area contributed by atoms with Gasteiger partial charge < -0.3 is 15.7 Å². The molecule has 2 atom stereocenters. The smallest absolute Gasteiger partial charge is 0.211 e. The lowest BCUT2D eigenvalue weighted by Crippen LogP contribution is -2.40. The van der Waals surface area contributed by atoms with Gasteiger partial charge in [0.2, 0.25) is 10.0 Å². The number of rotatable bonds is 7. The van der Waals surface area contributed by atoms with Gasteiger partial charge in [-0.3, -0.25) is 4.99 Å². The molecule has 1 aromatic carbocycles. The highest BCUT2D eigenvalue weighted by molar-refractivity contribution is 7.88. The molecule has 1 saturated heterocycles. The Morgan fingerprint density at radius 1 is 1.28 bits per heavy atom. The van der Waals surface area contributed by atoms with Crippen molar-refractivity contribution in [3.8, 4) is 0 Å². The van der Waals surface area contributed by atoms with Gasteiger partial charge in [0.25, 0.3) is 0 Å². The molecule has 0 radical (unpaired) electrons. The summed E-state index contributed by atoms with van der Waals surface area (Å²) in [6.45, 7) is 11.2. The van der Waals surface area contributed by atoms with Crippen molar-refractivity contribution in [3.05, 3.63) is 35.4 Å². The van der Waals surface area contributed by atoms with Crippen LogP contribution in [-0.2, 0) is 15.4 Å². The van der Waals surface area contributed by atoms with E-state index in [9.17, 15) is 13.5 Å². The largest absolute Gasteiger partial charge is 0.386 e. The normalized spacial score (nSPS) is 19.9. The highest BCUT2D eigenvalue weighted by atomic mass is 32.2. The number of nitrogens with one attached hydrogen (secondary N) is 2. The van der Waals surface area contributed by atoms with Crippen molar-refractivity contribution in [2.75, 3.05) is 39.0 Å². The zero-order valence-corrected chi connectivity index (χ0v) is 19.1. The lowest BCUT2D eigenvalue weighted by molar-refractivity contribution is 0.187. The average Bonchev–Trinajstić information content (AvgIpc) is 3.12. The Balaban J connectivity index is 1.91. The summed E-state index contributed by atoms with van der Waals surface area (Å²) in [5, 5.41) is 17.0.